The minimum absolute atomic E-state index is 0.300. The molecular formula is C14H21FN2OS. The van der Waals surface area contributed by atoms with Gasteiger partial charge in [-0.1, -0.05) is 0 Å². The van der Waals surface area contributed by atoms with Crippen LogP contribution in [0, 0.1) is 12.7 Å². The topological polar surface area (TPSA) is 27.1 Å². The van der Waals surface area contributed by atoms with Crippen LogP contribution in [-0.4, -0.2) is 40.7 Å². The quantitative estimate of drug-likeness (QED) is 0.789. The molecule has 2 rings (SSSR count). The maximum atomic E-state index is 13.2. The van der Waals surface area contributed by atoms with Crippen molar-refractivity contribution < 1.29 is 9.13 Å². The predicted molar refractivity (Wildman–Crippen MR) is 80.6 cm³/mol. The van der Waals surface area contributed by atoms with Gasteiger partial charge in [-0.25, -0.2) is 19.4 Å². The number of ether oxygens (including phenoxy) is 1. The highest BCUT2D eigenvalue weighted by Crippen LogP contribution is 2.33. The van der Waals surface area contributed by atoms with Gasteiger partial charge >= 0.3 is 0 Å². The molecule has 0 fully saturated rings. The van der Waals surface area contributed by atoms with Crippen molar-refractivity contribution in [2.75, 3.05) is 31.1 Å². The molecule has 0 saturated heterocycles. The van der Waals surface area contributed by atoms with Crippen molar-refractivity contribution in [3.63, 3.8) is 0 Å². The lowest BCUT2D eigenvalue weighted by Crippen LogP contribution is -2.09. The first-order valence-electron chi connectivity index (χ1n) is 6.21. The maximum absolute atomic E-state index is 13.2. The van der Waals surface area contributed by atoms with E-state index in [1.165, 1.54) is 12.3 Å². The minimum atomic E-state index is -0.521. The van der Waals surface area contributed by atoms with Crippen LogP contribution < -0.4 is 0 Å². The van der Waals surface area contributed by atoms with Crippen LogP contribution in [0.3, 0.4) is 0 Å². The van der Waals surface area contributed by atoms with E-state index in [2.05, 4.69) is 23.8 Å². The summed E-state index contributed by atoms with van der Waals surface area (Å²) in [5, 5.41) is 0.852. The number of fused-ring (bicyclic) bond motifs is 1. The van der Waals surface area contributed by atoms with Gasteiger partial charge in [0.1, 0.15) is 18.2 Å². The third-order valence-corrected chi connectivity index (χ3v) is 4.34. The molecule has 0 unspecified atom stereocenters. The molecule has 0 spiro atoms. The first kappa shape index (κ1) is 14.3. The van der Waals surface area contributed by atoms with Gasteiger partial charge in [-0.15, -0.1) is 0 Å². The van der Waals surface area contributed by atoms with E-state index >= 15 is 0 Å². The van der Waals surface area contributed by atoms with Crippen molar-refractivity contribution in [1.29, 1.82) is 0 Å². The molecule has 0 aromatic carbocycles. The summed E-state index contributed by atoms with van der Waals surface area (Å²) in [7, 11) is -0.521. The Labute approximate surface area is 115 Å². The van der Waals surface area contributed by atoms with E-state index in [0.29, 0.717) is 6.73 Å². The largest absolute Gasteiger partial charge is 0.360 e. The number of halogens is 1. The Bertz CT molecular complexity index is 575. The Morgan fingerprint density at radius 1 is 1.37 bits per heavy atom. The maximum Gasteiger partial charge on any atom is 0.142 e. The van der Waals surface area contributed by atoms with Gasteiger partial charge in [0.2, 0.25) is 0 Å². The van der Waals surface area contributed by atoms with Gasteiger partial charge in [0, 0.05) is 17.3 Å². The van der Waals surface area contributed by atoms with Gasteiger partial charge in [0.15, 0.2) is 0 Å². The highest BCUT2D eigenvalue weighted by atomic mass is 32.3. The molecule has 5 heteroatoms. The molecule has 0 bridgehead atoms. The number of hydrogen-bond acceptors (Lipinski definition) is 2. The first-order chi connectivity index (χ1) is 8.87. The van der Waals surface area contributed by atoms with E-state index < -0.39 is 10.0 Å². The Kier molecular flexibility index (Phi) is 4.16. The van der Waals surface area contributed by atoms with Crippen LogP contribution in [0.5, 0.6) is 0 Å². The second-order valence-corrected chi connectivity index (χ2v) is 10.2. The average Bonchev–Trinajstić information content (AvgIpc) is 2.60. The van der Waals surface area contributed by atoms with Gasteiger partial charge in [0.25, 0.3) is 0 Å². The van der Waals surface area contributed by atoms with Gasteiger partial charge in [-0.2, -0.15) is 0 Å². The molecule has 0 radical (unpaired) electrons. The van der Waals surface area contributed by atoms with Crippen LogP contribution >= 0.6 is 10.0 Å². The summed E-state index contributed by atoms with van der Waals surface area (Å²) >= 11 is 0. The molecule has 2 aromatic heterocycles. The summed E-state index contributed by atoms with van der Waals surface area (Å²) in [5.41, 5.74) is 1.80. The van der Waals surface area contributed by atoms with Crippen LogP contribution in [0.25, 0.3) is 11.0 Å². The molecule has 0 atom stereocenters. The smallest absolute Gasteiger partial charge is 0.142 e. The molecule has 3 nitrogen and oxygen atoms in total. The number of pyridine rings is 1. The second kappa shape index (κ2) is 5.51. The number of nitrogens with zero attached hydrogens (tertiary/aromatic N) is 2. The summed E-state index contributed by atoms with van der Waals surface area (Å²) < 4.78 is 20.8. The highest BCUT2D eigenvalue weighted by Gasteiger charge is 2.08. The second-order valence-electron chi connectivity index (χ2n) is 5.64. The van der Waals surface area contributed by atoms with Crippen molar-refractivity contribution >= 4 is 21.1 Å². The third kappa shape index (κ3) is 3.70. The summed E-state index contributed by atoms with van der Waals surface area (Å²) in [6.07, 6.45) is 10.0. The highest BCUT2D eigenvalue weighted by molar-refractivity contribution is 8.32. The van der Waals surface area contributed by atoms with E-state index in [4.69, 9.17) is 4.74 Å². The average molecular weight is 284 g/mol. The zero-order valence-electron chi connectivity index (χ0n) is 11.9. The van der Waals surface area contributed by atoms with Crippen molar-refractivity contribution in [2.45, 2.75) is 13.7 Å². The first-order valence-corrected chi connectivity index (χ1v) is 9.24. The van der Waals surface area contributed by atoms with Crippen LogP contribution in [0.2, 0.25) is 0 Å². The standard InChI is InChI=1S/C14H21FN2OS/c1-11-9-17(10-18-5-6-19(2,3)4)14-13(11)7-12(15)8-16-14/h7-9H,5-6,10H2,1-4H3. The molecule has 0 N–H and O–H groups in total. The Morgan fingerprint density at radius 2 is 2.11 bits per heavy atom. The third-order valence-electron chi connectivity index (χ3n) is 2.95. The lowest BCUT2D eigenvalue weighted by Gasteiger charge is -2.24. The van der Waals surface area contributed by atoms with Crippen molar-refractivity contribution in [1.82, 2.24) is 9.55 Å². The normalized spacial score (nSPS) is 13.1. The van der Waals surface area contributed by atoms with Gasteiger partial charge in [0.05, 0.1) is 12.8 Å². The fraction of sp³-hybridized carbons (Fsp3) is 0.500. The molecule has 106 valence electrons. The van der Waals surface area contributed by atoms with Gasteiger partial charge < -0.3 is 9.30 Å². The van der Waals surface area contributed by atoms with Crippen molar-refractivity contribution in [2.24, 2.45) is 0 Å². The molecule has 0 amide bonds. The van der Waals surface area contributed by atoms with E-state index in [0.717, 1.165) is 29.0 Å². The summed E-state index contributed by atoms with van der Waals surface area (Å²) in [5.74, 6) is 0.790. The molecule has 2 aromatic rings. The monoisotopic (exact) mass is 284 g/mol. The lowest BCUT2D eigenvalue weighted by atomic mass is 10.2. The fourth-order valence-electron chi connectivity index (χ4n) is 1.89. The summed E-state index contributed by atoms with van der Waals surface area (Å²) in [6, 6.07) is 1.52. The van der Waals surface area contributed by atoms with E-state index in [-0.39, 0.29) is 5.82 Å². The summed E-state index contributed by atoms with van der Waals surface area (Å²) in [6.45, 7) is 3.18. The number of hydrogen-bond donors (Lipinski definition) is 0. The Morgan fingerprint density at radius 3 is 2.79 bits per heavy atom. The SMILES string of the molecule is Cc1cn(COCCS(C)(C)C)c2ncc(F)cc12. The Balaban J connectivity index is 2.05. The minimum Gasteiger partial charge on any atom is -0.360 e. The predicted octanol–water partition coefficient (Wildman–Crippen LogP) is 3.15. The zero-order chi connectivity index (χ0) is 14.0. The van der Waals surface area contributed by atoms with E-state index in [1.54, 1.807) is 0 Å². The van der Waals surface area contributed by atoms with Crippen LogP contribution in [-0.2, 0) is 11.5 Å². The molecular weight excluding hydrogens is 263 g/mol. The van der Waals surface area contributed by atoms with Crippen LogP contribution in [0.1, 0.15) is 5.56 Å². The Hall–Kier alpha value is -1.07. The molecule has 0 aliphatic rings. The molecule has 0 aliphatic carbocycles. The molecule has 0 saturated carbocycles. The number of rotatable bonds is 5. The lowest BCUT2D eigenvalue weighted by molar-refractivity contribution is 0.0923. The summed E-state index contributed by atoms with van der Waals surface area (Å²) in [4.78, 5) is 4.14. The number of aryl methyl sites for hydroxylation is 1. The molecule has 2 heterocycles. The van der Waals surface area contributed by atoms with Gasteiger partial charge in [-0.3, -0.25) is 0 Å². The van der Waals surface area contributed by atoms with Crippen LogP contribution in [0.4, 0.5) is 4.39 Å². The molecule has 0 aliphatic heterocycles. The van der Waals surface area contributed by atoms with Crippen molar-refractivity contribution in [3.8, 4) is 0 Å². The van der Waals surface area contributed by atoms with E-state index in [9.17, 15) is 4.39 Å². The van der Waals surface area contributed by atoms with Crippen molar-refractivity contribution in [3.05, 3.63) is 29.8 Å². The van der Waals surface area contributed by atoms with E-state index in [1.807, 2.05) is 17.7 Å². The molecule has 19 heavy (non-hydrogen) atoms. The zero-order valence-corrected chi connectivity index (χ0v) is 12.8. The van der Waals surface area contributed by atoms with Crippen LogP contribution in [0.15, 0.2) is 18.5 Å². The fourth-order valence-corrected chi connectivity index (χ4v) is 2.50. The van der Waals surface area contributed by atoms with Gasteiger partial charge in [-0.05, 0) is 37.3 Å². The number of aromatic nitrogens is 2.